The SMILES string of the molecule is [C-]#[N+]CC(=O)N1CC[C@@H](C)[C@@H](N(C)c2ncnc3c2ccn3C(=O)N(C)CCN(C)C(=O)OCc2ccc(O[C@@H]3OC[C@@H](C)[C@H](OC(C)=O)[C@H]3OC(C)=O)cc2)C1. The Labute approximate surface area is 331 Å². The Morgan fingerprint density at radius 1 is 0.930 bits per heavy atom. The van der Waals surface area contributed by atoms with Crippen molar-refractivity contribution in [2.75, 3.05) is 65.4 Å². The van der Waals surface area contributed by atoms with Gasteiger partial charge in [-0.1, -0.05) is 26.0 Å². The first-order valence-corrected chi connectivity index (χ1v) is 18.7. The molecule has 0 radical (unpaired) electrons. The summed E-state index contributed by atoms with van der Waals surface area (Å²) in [5.41, 5.74) is 1.10. The molecule has 57 heavy (non-hydrogen) atoms. The second kappa shape index (κ2) is 18.8. The zero-order valence-corrected chi connectivity index (χ0v) is 33.3. The van der Waals surface area contributed by atoms with Gasteiger partial charge < -0.3 is 48.1 Å². The molecule has 2 aromatic heterocycles. The van der Waals surface area contributed by atoms with E-state index in [1.165, 1.54) is 34.5 Å². The number of amides is 3. The minimum atomic E-state index is -1.01. The minimum absolute atomic E-state index is 0.0267. The summed E-state index contributed by atoms with van der Waals surface area (Å²) >= 11 is 0. The summed E-state index contributed by atoms with van der Waals surface area (Å²) in [5.74, 6) is -0.204. The van der Waals surface area contributed by atoms with Gasteiger partial charge in [0.1, 0.15) is 30.6 Å². The van der Waals surface area contributed by atoms with Crippen molar-refractivity contribution in [3.05, 3.63) is 59.8 Å². The van der Waals surface area contributed by atoms with Gasteiger partial charge in [-0.3, -0.25) is 19.0 Å². The molecular formula is C39H50N8O10. The van der Waals surface area contributed by atoms with Crippen molar-refractivity contribution in [2.45, 2.75) is 65.3 Å². The molecule has 18 heteroatoms. The summed E-state index contributed by atoms with van der Waals surface area (Å²) in [4.78, 5) is 81.2. The van der Waals surface area contributed by atoms with E-state index < -0.39 is 36.5 Å². The molecule has 0 saturated carbocycles. The first-order chi connectivity index (χ1) is 27.2. The number of piperidine rings is 1. The molecule has 18 nitrogen and oxygen atoms in total. The van der Waals surface area contributed by atoms with Crippen LogP contribution in [0.15, 0.2) is 42.9 Å². The quantitative estimate of drug-likeness (QED) is 0.148. The number of rotatable bonds is 12. The lowest BCUT2D eigenvalue weighted by atomic mass is 9.92. The maximum absolute atomic E-state index is 13.6. The number of anilines is 1. The Morgan fingerprint density at radius 3 is 2.30 bits per heavy atom. The van der Waals surface area contributed by atoms with Crippen LogP contribution in [-0.4, -0.2) is 144 Å². The zero-order valence-electron chi connectivity index (χ0n) is 33.3. The van der Waals surface area contributed by atoms with Gasteiger partial charge in [0, 0.05) is 73.3 Å². The van der Waals surface area contributed by atoms with Gasteiger partial charge in [0.05, 0.1) is 18.0 Å². The first kappa shape index (κ1) is 42.2. The molecule has 2 aliphatic heterocycles. The fourth-order valence-corrected chi connectivity index (χ4v) is 6.91. The summed E-state index contributed by atoms with van der Waals surface area (Å²) in [6.45, 7) is 15.0. The lowest BCUT2D eigenvalue weighted by molar-refractivity contribution is -0.243. The van der Waals surface area contributed by atoms with Gasteiger partial charge in [-0.05, 0) is 36.1 Å². The smallest absolute Gasteiger partial charge is 0.409 e. The highest BCUT2D eigenvalue weighted by Crippen LogP contribution is 2.31. The highest BCUT2D eigenvalue weighted by Gasteiger charge is 2.45. The predicted molar refractivity (Wildman–Crippen MR) is 205 cm³/mol. The second-order valence-electron chi connectivity index (χ2n) is 14.5. The highest BCUT2D eigenvalue weighted by atomic mass is 16.7. The van der Waals surface area contributed by atoms with Crippen molar-refractivity contribution in [1.82, 2.24) is 29.2 Å². The first-order valence-electron chi connectivity index (χ1n) is 18.7. The molecule has 0 N–H and O–H groups in total. The van der Waals surface area contributed by atoms with Gasteiger partial charge in [-0.2, -0.15) is 0 Å². The van der Waals surface area contributed by atoms with Crippen molar-refractivity contribution >= 4 is 46.8 Å². The molecule has 0 bridgehead atoms. The maximum atomic E-state index is 13.6. The molecule has 3 amide bonds. The summed E-state index contributed by atoms with van der Waals surface area (Å²) < 4.78 is 29.5. The Bertz CT molecular complexity index is 1970. The molecule has 5 rings (SSSR count). The number of hydrogen-bond acceptors (Lipinski definition) is 13. The molecule has 6 atom stereocenters. The van der Waals surface area contributed by atoms with Gasteiger partial charge in [0.2, 0.25) is 12.4 Å². The van der Waals surface area contributed by atoms with Crippen LogP contribution < -0.4 is 9.64 Å². The molecule has 0 spiro atoms. The van der Waals surface area contributed by atoms with Gasteiger partial charge in [-0.25, -0.2) is 26.1 Å². The topological polar surface area (TPSA) is 180 Å². The molecule has 3 aromatic rings. The van der Waals surface area contributed by atoms with Gasteiger partial charge >= 0.3 is 30.0 Å². The average Bonchev–Trinajstić information content (AvgIpc) is 3.62. The number of esters is 2. The summed E-state index contributed by atoms with van der Waals surface area (Å²) in [6, 6.07) is 8.12. The molecule has 2 fully saturated rings. The third-order valence-electron chi connectivity index (χ3n) is 10.2. The minimum Gasteiger partial charge on any atom is -0.461 e. The predicted octanol–water partition coefficient (Wildman–Crippen LogP) is 3.43. The monoisotopic (exact) mass is 790 g/mol. The Morgan fingerprint density at radius 2 is 1.61 bits per heavy atom. The van der Waals surface area contributed by atoms with E-state index in [9.17, 15) is 24.0 Å². The number of hydrogen-bond donors (Lipinski definition) is 0. The molecule has 2 saturated heterocycles. The number of carbonyl (C=O) groups is 5. The van der Waals surface area contributed by atoms with E-state index in [0.717, 1.165) is 6.42 Å². The van der Waals surface area contributed by atoms with Crippen LogP contribution in [0.25, 0.3) is 15.9 Å². The number of fused-ring (bicyclic) bond motifs is 1. The molecular weight excluding hydrogens is 740 g/mol. The number of aromatic nitrogens is 3. The van der Waals surface area contributed by atoms with Crippen LogP contribution in [0.1, 0.15) is 39.7 Å². The Kier molecular flexibility index (Phi) is 13.9. The van der Waals surface area contributed by atoms with Gasteiger partial charge in [0.25, 0.3) is 6.54 Å². The Balaban J connectivity index is 1.13. The van der Waals surface area contributed by atoms with Crippen molar-refractivity contribution in [1.29, 1.82) is 0 Å². The van der Waals surface area contributed by atoms with E-state index in [1.807, 2.05) is 18.9 Å². The van der Waals surface area contributed by atoms with E-state index in [-0.39, 0.29) is 62.7 Å². The number of nitrogens with zero attached hydrogens (tertiary/aromatic N) is 8. The highest BCUT2D eigenvalue weighted by molar-refractivity contribution is 5.95. The van der Waals surface area contributed by atoms with E-state index in [1.54, 1.807) is 55.5 Å². The van der Waals surface area contributed by atoms with Crippen LogP contribution in [0.3, 0.4) is 0 Å². The molecule has 1 aromatic carbocycles. The van der Waals surface area contributed by atoms with E-state index in [4.69, 9.17) is 30.3 Å². The van der Waals surface area contributed by atoms with E-state index in [0.29, 0.717) is 41.3 Å². The van der Waals surface area contributed by atoms with Crippen molar-refractivity contribution < 1.29 is 47.7 Å². The van der Waals surface area contributed by atoms with Gasteiger partial charge in [-0.15, -0.1) is 0 Å². The largest absolute Gasteiger partial charge is 0.461 e. The fourth-order valence-electron chi connectivity index (χ4n) is 6.91. The summed E-state index contributed by atoms with van der Waals surface area (Å²) in [6.07, 6.45) is 0.523. The number of carbonyl (C=O) groups excluding carboxylic acids is 5. The third kappa shape index (κ3) is 10.3. The number of likely N-dealkylation sites (N-methyl/N-ethyl adjacent to an activating group) is 3. The van der Waals surface area contributed by atoms with Crippen LogP contribution in [-0.2, 0) is 39.9 Å². The van der Waals surface area contributed by atoms with Crippen LogP contribution in [0.2, 0.25) is 0 Å². The number of likely N-dealkylation sites (tertiary alicyclic amines) is 1. The summed E-state index contributed by atoms with van der Waals surface area (Å²) in [7, 11) is 5.12. The number of benzene rings is 1. The van der Waals surface area contributed by atoms with Crippen molar-refractivity contribution in [3.63, 3.8) is 0 Å². The zero-order chi connectivity index (χ0) is 41.4. The van der Waals surface area contributed by atoms with E-state index in [2.05, 4.69) is 21.7 Å². The normalized spacial score (nSPS) is 21.8. The Hall–Kier alpha value is -5.96. The molecule has 4 heterocycles. The standard InChI is InChI=1S/C39H50N8O10/c1-24-13-15-46(32(50)19-40-5)20-31(24)45(8)35-30-14-16-47(36(30)42-23-41-35)38(51)43(6)17-18-44(7)39(52)54-22-28-9-11-29(12-10-28)57-37-34(56-27(4)49)33(55-26(3)48)25(2)21-53-37/h9-12,14,16,23-25,31,33-34,37H,13,15,17-22H2,1-4,6-8H3/t24-,25-,31+,33+,34-,37+/m1/s1. The van der Waals surface area contributed by atoms with Crippen LogP contribution >= 0.6 is 0 Å². The van der Waals surface area contributed by atoms with Crippen LogP contribution in [0.4, 0.5) is 15.4 Å². The van der Waals surface area contributed by atoms with E-state index >= 15 is 0 Å². The van der Waals surface area contributed by atoms with Crippen LogP contribution in [0.5, 0.6) is 5.75 Å². The molecule has 0 unspecified atom stereocenters. The lowest BCUT2D eigenvalue weighted by Gasteiger charge is -2.41. The summed E-state index contributed by atoms with van der Waals surface area (Å²) in [5, 5.41) is 0.676. The van der Waals surface area contributed by atoms with Crippen molar-refractivity contribution in [3.8, 4) is 5.75 Å². The maximum Gasteiger partial charge on any atom is 0.409 e. The molecule has 0 aliphatic carbocycles. The second-order valence-corrected chi connectivity index (χ2v) is 14.5. The molecule has 2 aliphatic rings. The third-order valence-corrected chi connectivity index (χ3v) is 10.2. The lowest BCUT2D eigenvalue weighted by Crippen LogP contribution is -2.55. The molecule has 306 valence electrons. The van der Waals surface area contributed by atoms with Crippen molar-refractivity contribution in [2.24, 2.45) is 11.8 Å². The van der Waals surface area contributed by atoms with Gasteiger partial charge in [0.15, 0.2) is 5.65 Å². The average molecular weight is 791 g/mol. The fraction of sp³-hybridized carbons (Fsp3) is 0.538. The van der Waals surface area contributed by atoms with Crippen LogP contribution in [0, 0.1) is 18.4 Å². The number of ether oxygens (including phenoxy) is 5.